The lowest BCUT2D eigenvalue weighted by atomic mass is 10.0. The van der Waals surface area contributed by atoms with Crippen molar-refractivity contribution in [1.82, 2.24) is 4.57 Å². The van der Waals surface area contributed by atoms with Crippen molar-refractivity contribution in [2.75, 3.05) is 6.61 Å². The average molecular weight is 291 g/mol. The van der Waals surface area contributed by atoms with Gasteiger partial charge in [-0.05, 0) is 50.3 Å². The van der Waals surface area contributed by atoms with Crippen LogP contribution in [0.3, 0.4) is 0 Å². The highest BCUT2D eigenvalue weighted by molar-refractivity contribution is 5.73. The summed E-state index contributed by atoms with van der Waals surface area (Å²) in [5.74, 6) is -0.349. The second-order valence-electron chi connectivity index (χ2n) is 5.57. The van der Waals surface area contributed by atoms with E-state index in [1.165, 1.54) is 0 Å². The van der Waals surface area contributed by atoms with Gasteiger partial charge in [0.25, 0.3) is 0 Å². The van der Waals surface area contributed by atoms with Crippen LogP contribution >= 0.6 is 0 Å². The van der Waals surface area contributed by atoms with Crippen molar-refractivity contribution < 1.29 is 14.3 Å². The maximum absolute atomic E-state index is 11.7. The molecule has 1 aromatic heterocycles. The normalized spacial score (nSPS) is 20.2. The highest BCUT2D eigenvalue weighted by atomic mass is 16.5. The van der Waals surface area contributed by atoms with Crippen molar-refractivity contribution >= 4 is 11.1 Å². The number of rotatable bonds is 5. The van der Waals surface area contributed by atoms with Gasteiger partial charge in [-0.2, -0.15) is 0 Å². The van der Waals surface area contributed by atoms with Gasteiger partial charge in [-0.15, -0.1) is 0 Å². The summed E-state index contributed by atoms with van der Waals surface area (Å²) in [6, 6.07) is 5.47. The van der Waals surface area contributed by atoms with Gasteiger partial charge in [0.05, 0.1) is 17.7 Å². The number of aryl methyl sites for hydroxylation is 1. The predicted molar refractivity (Wildman–Crippen MR) is 79.3 cm³/mol. The zero-order valence-electron chi connectivity index (χ0n) is 12.2. The summed E-state index contributed by atoms with van der Waals surface area (Å²) < 4.78 is 12.4. The van der Waals surface area contributed by atoms with Crippen LogP contribution in [-0.2, 0) is 11.3 Å². The molecule has 5 heteroatoms. The molecular formula is C16H21NO4. The van der Waals surface area contributed by atoms with E-state index in [-0.39, 0.29) is 11.9 Å². The zero-order valence-corrected chi connectivity index (χ0v) is 12.2. The summed E-state index contributed by atoms with van der Waals surface area (Å²) in [7, 11) is 0. The number of aliphatic hydroxyl groups excluding tert-OH is 1. The molecular weight excluding hydrogens is 270 g/mol. The summed E-state index contributed by atoms with van der Waals surface area (Å²) in [5, 5.41) is 10.3. The number of benzene rings is 1. The number of oxazole rings is 1. The largest absolute Gasteiger partial charge is 0.419 e. The smallest absolute Gasteiger partial charge is 0.408 e. The SMILES string of the molecule is CCn1c(=O)oc2cc(C(O)CCC3CCCO3)ccc21. The second kappa shape index (κ2) is 6.03. The lowest BCUT2D eigenvalue weighted by Crippen LogP contribution is -2.12. The molecule has 1 aromatic carbocycles. The van der Waals surface area contributed by atoms with E-state index < -0.39 is 6.10 Å². The molecule has 1 saturated heterocycles. The topological polar surface area (TPSA) is 64.6 Å². The fourth-order valence-electron chi connectivity index (χ4n) is 2.97. The minimum Gasteiger partial charge on any atom is -0.408 e. The molecule has 0 bridgehead atoms. The molecule has 2 unspecified atom stereocenters. The van der Waals surface area contributed by atoms with Gasteiger partial charge in [-0.1, -0.05) is 6.07 Å². The van der Waals surface area contributed by atoms with Crippen molar-refractivity contribution in [3.05, 3.63) is 34.3 Å². The van der Waals surface area contributed by atoms with E-state index in [1.54, 1.807) is 10.6 Å². The molecule has 3 rings (SSSR count). The van der Waals surface area contributed by atoms with Gasteiger partial charge in [0.1, 0.15) is 0 Å². The van der Waals surface area contributed by atoms with Crippen molar-refractivity contribution in [3.63, 3.8) is 0 Å². The molecule has 21 heavy (non-hydrogen) atoms. The Bertz CT molecular complexity index is 666. The van der Waals surface area contributed by atoms with Gasteiger partial charge in [-0.25, -0.2) is 4.79 Å². The Hall–Kier alpha value is -1.59. The first-order valence-electron chi connectivity index (χ1n) is 7.62. The minimum absolute atomic E-state index is 0.280. The van der Waals surface area contributed by atoms with Gasteiger partial charge in [0.2, 0.25) is 0 Å². The van der Waals surface area contributed by atoms with Crippen LogP contribution in [0.4, 0.5) is 0 Å². The van der Waals surface area contributed by atoms with Crippen molar-refractivity contribution in [2.45, 2.75) is 51.4 Å². The molecule has 0 aliphatic carbocycles. The van der Waals surface area contributed by atoms with E-state index in [0.717, 1.165) is 36.9 Å². The van der Waals surface area contributed by atoms with Crippen molar-refractivity contribution in [3.8, 4) is 0 Å². The highest BCUT2D eigenvalue weighted by Gasteiger charge is 2.18. The molecule has 0 radical (unpaired) electrons. The summed E-state index contributed by atoms with van der Waals surface area (Å²) in [6.07, 6.45) is 3.45. The third kappa shape index (κ3) is 2.89. The standard InChI is InChI=1S/C16H21NO4/c1-2-17-13-7-5-11(10-15(13)21-16(17)19)14(18)8-6-12-4-3-9-20-12/h5,7,10,12,14,18H,2-4,6,8-9H2,1H3. The Balaban J connectivity index is 1.75. The summed E-state index contributed by atoms with van der Waals surface area (Å²) >= 11 is 0. The number of nitrogens with zero attached hydrogens (tertiary/aromatic N) is 1. The third-order valence-electron chi connectivity index (χ3n) is 4.18. The van der Waals surface area contributed by atoms with E-state index in [1.807, 2.05) is 19.1 Å². The number of ether oxygens (including phenoxy) is 1. The second-order valence-corrected chi connectivity index (χ2v) is 5.57. The number of hydrogen-bond acceptors (Lipinski definition) is 4. The van der Waals surface area contributed by atoms with Crippen LogP contribution in [0, 0.1) is 0 Å². The molecule has 114 valence electrons. The quantitative estimate of drug-likeness (QED) is 0.919. The Morgan fingerprint density at radius 1 is 1.48 bits per heavy atom. The van der Waals surface area contributed by atoms with Gasteiger partial charge in [-0.3, -0.25) is 4.57 Å². The molecule has 1 aliphatic heterocycles. The van der Waals surface area contributed by atoms with Gasteiger partial charge in [0, 0.05) is 13.2 Å². The predicted octanol–water partition coefficient (Wildman–Crippen LogP) is 2.61. The van der Waals surface area contributed by atoms with E-state index in [0.29, 0.717) is 18.5 Å². The molecule has 1 aliphatic rings. The monoisotopic (exact) mass is 291 g/mol. The first kappa shape index (κ1) is 14.4. The van der Waals surface area contributed by atoms with Crippen LogP contribution in [-0.4, -0.2) is 22.4 Å². The number of fused-ring (bicyclic) bond motifs is 1. The molecule has 1 fully saturated rings. The molecule has 2 aromatic rings. The first-order chi connectivity index (χ1) is 10.2. The molecule has 0 spiro atoms. The van der Waals surface area contributed by atoms with E-state index >= 15 is 0 Å². The average Bonchev–Trinajstić information content (AvgIpc) is 3.10. The van der Waals surface area contributed by atoms with Crippen molar-refractivity contribution in [1.29, 1.82) is 0 Å². The fraction of sp³-hybridized carbons (Fsp3) is 0.562. The number of aromatic nitrogens is 1. The Morgan fingerprint density at radius 2 is 2.33 bits per heavy atom. The van der Waals surface area contributed by atoms with Crippen LogP contribution in [0.25, 0.3) is 11.1 Å². The highest BCUT2D eigenvalue weighted by Crippen LogP contribution is 2.26. The van der Waals surface area contributed by atoms with Gasteiger partial charge < -0.3 is 14.3 Å². The Labute approximate surface area is 123 Å². The van der Waals surface area contributed by atoms with Crippen LogP contribution in [0.1, 0.15) is 44.3 Å². The first-order valence-corrected chi connectivity index (χ1v) is 7.62. The summed E-state index contributed by atoms with van der Waals surface area (Å²) in [5.41, 5.74) is 2.10. The molecule has 0 saturated carbocycles. The van der Waals surface area contributed by atoms with Gasteiger partial charge >= 0.3 is 5.76 Å². The minimum atomic E-state index is -0.547. The van der Waals surface area contributed by atoms with Crippen molar-refractivity contribution in [2.24, 2.45) is 0 Å². The molecule has 5 nitrogen and oxygen atoms in total. The van der Waals surface area contributed by atoms with Gasteiger partial charge in [0.15, 0.2) is 5.58 Å². The molecule has 1 N–H and O–H groups in total. The van der Waals surface area contributed by atoms with Crippen LogP contribution < -0.4 is 5.76 Å². The summed E-state index contributed by atoms with van der Waals surface area (Å²) in [4.78, 5) is 11.7. The Kier molecular flexibility index (Phi) is 4.12. The molecule has 2 heterocycles. The van der Waals surface area contributed by atoms with Crippen LogP contribution in [0.15, 0.2) is 27.4 Å². The number of hydrogen-bond donors (Lipinski definition) is 1. The lowest BCUT2D eigenvalue weighted by molar-refractivity contribution is 0.0812. The number of aliphatic hydroxyl groups is 1. The van der Waals surface area contributed by atoms with Crippen LogP contribution in [0.5, 0.6) is 0 Å². The maximum Gasteiger partial charge on any atom is 0.419 e. The Morgan fingerprint density at radius 3 is 3.05 bits per heavy atom. The van der Waals surface area contributed by atoms with E-state index in [4.69, 9.17) is 9.15 Å². The molecule has 0 amide bonds. The van der Waals surface area contributed by atoms with E-state index in [2.05, 4.69) is 0 Å². The van der Waals surface area contributed by atoms with E-state index in [9.17, 15) is 9.90 Å². The zero-order chi connectivity index (χ0) is 14.8. The fourth-order valence-corrected chi connectivity index (χ4v) is 2.97. The maximum atomic E-state index is 11.7. The lowest BCUT2D eigenvalue weighted by Gasteiger charge is -2.14. The third-order valence-corrected chi connectivity index (χ3v) is 4.18. The summed E-state index contributed by atoms with van der Waals surface area (Å²) in [6.45, 7) is 3.32. The van der Waals surface area contributed by atoms with Crippen LogP contribution in [0.2, 0.25) is 0 Å². The molecule has 2 atom stereocenters.